The third-order valence-corrected chi connectivity index (χ3v) is 4.75. The van der Waals surface area contributed by atoms with Crippen LogP contribution in [0.25, 0.3) is 0 Å². The molecule has 0 amide bonds. The van der Waals surface area contributed by atoms with Crippen molar-refractivity contribution in [1.29, 1.82) is 0 Å². The summed E-state index contributed by atoms with van der Waals surface area (Å²) < 4.78 is 11.6. The van der Waals surface area contributed by atoms with Crippen LogP contribution in [0.2, 0.25) is 10.0 Å². The van der Waals surface area contributed by atoms with Gasteiger partial charge in [0.25, 0.3) is 0 Å². The van der Waals surface area contributed by atoms with Gasteiger partial charge < -0.3 is 5.32 Å². The Hall–Kier alpha value is -0.0900. The number of hydrogen-bond donors (Lipinski definition) is 1. The van der Waals surface area contributed by atoms with E-state index in [0.717, 1.165) is 5.56 Å². The molecule has 1 heterocycles. The van der Waals surface area contributed by atoms with Crippen molar-refractivity contribution in [2.75, 3.05) is 11.5 Å². The van der Waals surface area contributed by atoms with Gasteiger partial charge in [0.15, 0.2) is 0 Å². The second-order valence-corrected chi connectivity index (χ2v) is 6.45. The van der Waals surface area contributed by atoms with Crippen LogP contribution in [0.4, 0.5) is 0 Å². The summed E-state index contributed by atoms with van der Waals surface area (Å²) in [5, 5.41) is 4.66. The maximum atomic E-state index is 11.6. The summed E-state index contributed by atoms with van der Waals surface area (Å²) in [7, 11) is -0.769. The zero-order valence-corrected chi connectivity index (χ0v) is 11.2. The highest BCUT2D eigenvalue weighted by Gasteiger charge is 2.25. The van der Waals surface area contributed by atoms with E-state index in [2.05, 4.69) is 5.32 Å². The first-order valence-electron chi connectivity index (χ1n) is 5.12. The lowest BCUT2D eigenvalue weighted by Gasteiger charge is -2.29. The zero-order valence-electron chi connectivity index (χ0n) is 8.87. The van der Waals surface area contributed by atoms with E-state index in [1.54, 1.807) is 6.07 Å². The molecule has 0 saturated carbocycles. The molecule has 1 aromatic rings. The highest BCUT2D eigenvalue weighted by molar-refractivity contribution is 7.85. The second-order valence-electron chi connectivity index (χ2n) is 4.06. The summed E-state index contributed by atoms with van der Waals surface area (Å²) in [6, 6.07) is 5.76. The molecule has 3 unspecified atom stereocenters. The van der Waals surface area contributed by atoms with Crippen molar-refractivity contribution in [3.63, 3.8) is 0 Å². The first-order chi connectivity index (χ1) is 7.56. The van der Waals surface area contributed by atoms with Crippen LogP contribution >= 0.6 is 23.2 Å². The van der Waals surface area contributed by atoms with Gasteiger partial charge in [0.2, 0.25) is 0 Å². The van der Waals surface area contributed by atoms with E-state index >= 15 is 0 Å². The van der Waals surface area contributed by atoms with E-state index < -0.39 is 10.8 Å². The van der Waals surface area contributed by atoms with E-state index in [9.17, 15) is 4.21 Å². The topological polar surface area (TPSA) is 29.1 Å². The lowest BCUT2D eigenvalue weighted by Crippen LogP contribution is -2.43. The van der Waals surface area contributed by atoms with Gasteiger partial charge in [0.05, 0.1) is 0 Å². The van der Waals surface area contributed by atoms with Crippen LogP contribution in [0.5, 0.6) is 0 Å². The minimum absolute atomic E-state index is 0.0642. The molecule has 2 nitrogen and oxygen atoms in total. The number of halogens is 2. The molecule has 1 aliphatic heterocycles. The quantitative estimate of drug-likeness (QED) is 0.855. The summed E-state index contributed by atoms with van der Waals surface area (Å²) in [5.41, 5.74) is 0.978. The molecular formula is C11H13Cl2NOS. The zero-order chi connectivity index (χ0) is 11.7. The van der Waals surface area contributed by atoms with Gasteiger partial charge in [-0.25, -0.2) is 0 Å². The molecule has 5 heteroatoms. The average molecular weight is 278 g/mol. The van der Waals surface area contributed by atoms with Crippen molar-refractivity contribution in [3.8, 4) is 0 Å². The maximum absolute atomic E-state index is 11.6. The predicted octanol–water partition coefficient (Wildman–Crippen LogP) is 2.77. The Morgan fingerprint density at radius 3 is 2.75 bits per heavy atom. The van der Waals surface area contributed by atoms with Crippen molar-refractivity contribution in [2.45, 2.75) is 19.0 Å². The van der Waals surface area contributed by atoms with E-state index in [1.807, 2.05) is 19.1 Å². The molecule has 88 valence electrons. The Morgan fingerprint density at radius 1 is 1.38 bits per heavy atom. The van der Waals surface area contributed by atoms with E-state index in [1.165, 1.54) is 0 Å². The number of benzene rings is 1. The molecule has 2 rings (SSSR count). The summed E-state index contributed by atoms with van der Waals surface area (Å²) in [4.78, 5) is 0. The molecule has 16 heavy (non-hydrogen) atoms. The normalized spacial score (nSPS) is 30.3. The first kappa shape index (κ1) is 12.4. The minimum atomic E-state index is -0.769. The number of nitrogens with one attached hydrogen (secondary N) is 1. The predicted molar refractivity (Wildman–Crippen MR) is 69.7 cm³/mol. The molecule has 3 atom stereocenters. The smallest absolute Gasteiger partial charge is 0.0468 e. The van der Waals surface area contributed by atoms with Crippen LogP contribution in [0, 0.1) is 0 Å². The molecule has 1 saturated heterocycles. The molecule has 1 N–H and O–H groups in total. The molecule has 0 aromatic heterocycles. The van der Waals surface area contributed by atoms with Crippen molar-refractivity contribution >= 4 is 34.0 Å². The Kier molecular flexibility index (Phi) is 3.90. The Labute approximate surface area is 108 Å². The van der Waals surface area contributed by atoms with E-state index in [4.69, 9.17) is 23.2 Å². The summed E-state index contributed by atoms with van der Waals surface area (Å²) in [6.07, 6.45) is 0. The molecule has 1 aliphatic rings. The SMILES string of the molecule is CC1CS(=O)CC(c2ccc(Cl)cc2Cl)N1. The highest BCUT2D eigenvalue weighted by atomic mass is 35.5. The van der Waals surface area contributed by atoms with Crippen LogP contribution in [0.1, 0.15) is 18.5 Å². The summed E-state index contributed by atoms with van der Waals surface area (Å²) in [5.74, 6) is 1.33. The molecule has 1 fully saturated rings. The van der Waals surface area contributed by atoms with Gasteiger partial charge in [-0.1, -0.05) is 29.3 Å². The monoisotopic (exact) mass is 277 g/mol. The van der Waals surface area contributed by atoms with Gasteiger partial charge in [-0.3, -0.25) is 4.21 Å². The lowest BCUT2D eigenvalue weighted by atomic mass is 10.1. The fourth-order valence-corrected chi connectivity index (χ4v) is 3.91. The van der Waals surface area contributed by atoms with E-state index in [0.29, 0.717) is 21.6 Å². The largest absolute Gasteiger partial charge is 0.306 e. The molecular weight excluding hydrogens is 265 g/mol. The Bertz CT molecular complexity index is 424. The molecule has 0 bridgehead atoms. The Morgan fingerprint density at radius 2 is 2.12 bits per heavy atom. The van der Waals surface area contributed by atoms with Crippen molar-refractivity contribution in [3.05, 3.63) is 33.8 Å². The third kappa shape index (κ3) is 2.77. The van der Waals surface area contributed by atoms with Crippen molar-refractivity contribution in [1.82, 2.24) is 5.32 Å². The fraction of sp³-hybridized carbons (Fsp3) is 0.455. The van der Waals surface area contributed by atoms with Crippen LogP contribution in [0.3, 0.4) is 0 Å². The highest BCUT2D eigenvalue weighted by Crippen LogP contribution is 2.28. The molecule has 0 aliphatic carbocycles. The maximum Gasteiger partial charge on any atom is 0.0468 e. The van der Waals surface area contributed by atoms with Crippen LogP contribution in [-0.4, -0.2) is 21.8 Å². The Balaban J connectivity index is 2.26. The van der Waals surface area contributed by atoms with Crippen LogP contribution in [0.15, 0.2) is 18.2 Å². The average Bonchev–Trinajstić information content (AvgIpc) is 2.15. The van der Waals surface area contributed by atoms with Crippen LogP contribution < -0.4 is 5.32 Å². The summed E-state index contributed by atoms with van der Waals surface area (Å²) in [6.45, 7) is 2.04. The minimum Gasteiger partial charge on any atom is -0.306 e. The third-order valence-electron chi connectivity index (χ3n) is 2.61. The summed E-state index contributed by atoms with van der Waals surface area (Å²) >= 11 is 12.0. The second kappa shape index (κ2) is 5.05. The number of rotatable bonds is 1. The van der Waals surface area contributed by atoms with E-state index in [-0.39, 0.29) is 12.1 Å². The van der Waals surface area contributed by atoms with Gasteiger partial charge in [-0.15, -0.1) is 0 Å². The van der Waals surface area contributed by atoms with Gasteiger partial charge in [0.1, 0.15) is 0 Å². The van der Waals surface area contributed by atoms with Gasteiger partial charge in [0, 0.05) is 44.4 Å². The van der Waals surface area contributed by atoms with Crippen LogP contribution in [-0.2, 0) is 10.8 Å². The number of hydrogen-bond acceptors (Lipinski definition) is 2. The molecule has 1 aromatic carbocycles. The van der Waals surface area contributed by atoms with Gasteiger partial charge in [-0.2, -0.15) is 0 Å². The molecule has 0 spiro atoms. The van der Waals surface area contributed by atoms with Gasteiger partial charge in [-0.05, 0) is 24.6 Å². The fourth-order valence-electron chi connectivity index (χ4n) is 1.94. The molecule has 0 radical (unpaired) electrons. The standard InChI is InChI=1S/C11H13Cl2NOS/c1-7-5-16(15)6-11(14-7)9-3-2-8(12)4-10(9)13/h2-4,7,11,14H,5-6H2,1H3. The van der Waals surface area contributed by atoms with Crippen molar-refractivity contribution < 1.29 is 4.21 Å². The van der Waals surface area contributed by atoms with Gasteiger partial charge >= 0.3 is 0 Å². The van der Waals surface area contributed by atoms with Crippen molar-refractivity contribution in [2.24, 2.45) is 0 Å². The first-order valence-corrected chi connectivity index (χ1v) is 7.36. The lowest BCUT2D eigenvalue weighted by molar-refractivity contribution is 0.490.